The zero-order chi connectivity index (χ0) is 62.2. The standard InChI is InChI=1S/C55H93N15O14/c1-32(2)28-34(58)52(81)67-24-9-16-39(67)48(77)63-36(15-6-8-21-57)54(83)70-27-12-19-42(70)55(84)69-26-11-17-40(69)49(78)62-35(14-5-7-20-56)53(82)68-25-10-18-41(68)50(79)66-45(33(3)4)51(80)64-37(29-43(59)73)47(76)65-38(30-71)46(75)61-23-13-22-60-44(74)31-72/h31-42,45,71H,5-30,56-58H2,1-4H3,(H2,59,73)(H,60,74)(H,61,75)(H,62,78)(H,63,77)(H,64,80)(H,65,76)(H,66,79)/t34-,35-,36-,37-,38-,39-,40-,41-,42-,45-/m0/s1. The number of likely N-dealkylation sites (tertiary alicyclic amines) is 4. The summed E-state index contributed by atoms with van der Waals surface area (Å²) in [5.41, 5.74) is 23.3. The molecule has 12 amide bonds. The number of nitrogens with two attached hydrogens (primary N) is 4. The van der Waals surface area contributed by atoms with Crippen LogP contribution in [0.3, 0.4) is 0 Å². The third-order valence-electron chi connectivity index (χ3n) is 15.7. The number of hydrogen-bond donors (Lipinski definition) is 12. The van der Waals surface area contributed by atoms with Crippen molar-refractivity contribution in [2.75, 3.05) is 59.0 Å². The van der Waals surface area contributed by atoms with Crippen molar-refractivity contribution in [3.63, 3.8) is 0 Å². The van der Waals surface area contributed by atoms with Crippen molar-refractivity contribution in [2.24, 2.45) is 34.8 Å². The molecule has 0 saturated carbocycles. The van der Waals surface area contributed by atoms with Gasteiger partial charge in [0, 0.05) is 39.3 Å². The Hall–Kier alpha value is -6.85. The van der Waals surface area contributed by atoms with Crippen molar-refractivity contribution in [3.8, 4) is 0 Å². The molecule has 0 aromatic heterocycles. The van der Waals surface area contributed by atoms with Crippen LogP contribution in [-0.4, -0.2) is 221 Å². The summed E-state index contributed by atoms with van der Waals surface area (Å²) in [4.78, 5) is 179. The van der Waals surface area contributed by atoms with Crippen LogP contribution in [0.4, 0.5) is 0 Å². The monoisotopic (exact) mass is 1190 g/mol. The summed E-state index contributed by atoms with van der Waals surface area (Å²) in [5.74, 6) is -8.75. The topological polar surface area (TPSA) is 443 Å². The van der Waals surface area contributed by atoms with Gasteiger partial charge in [0.1, 0.15) is 54.4 Å². The zero-order valence-electron chi connectivity index (χ0n) is 49.2. The van der Waals surface area contributed by atoms with E-state index < -0.39 is 144 Å². The van der Waals surface area contributed by atoms with Crippen LogP contribution >= 0.6 is 0 Å². The Labute approximate surface area is 491 Å². The Morgan fingerprint density at radius 2 is 0.988 bits per heavy atom. The molecule has 29 nitrogen and oxygen atoms in total. The average molecular weight is 1190 g/mol. The normalized spacial score (nSPS) is 20.7. The lowest BCUT2D eigenvalue weighted by Gasteiger charge is -2.34. The molecule has 4 heterocycles. The summed E-state index contributed by atoms with van der Waals surface area (Å²) in [6.07, 6.45) is 5.43. The van der Waals surface area contributed by atoms with Crippen LogP contribution in [0.25, 0.3) is 0 Å². The van der Waals surface area contributed by atoms with Gasteiger partial charge in [-0.2, -0.15) is 0 Å². The van der Waals surface area contributed by atoms with E-state index in [1.54, 1.807) is 13.8 Å². The van der Waals surface area contributed by atoms with Crippen LogP contribution in [0.5, 0.6) is 0 Å². The Balaban J connectivity index is 1.45. The maximum Gasteiger partial charge on any atom is 0.284 e. The van der Waals surface area contributed by atoms with Gasteiger partial charge in [0.25, 0.3) is 5.91 Å². The van der Waals surface area contributed by atoms with Gasteiger partial charge in [0.05, 0.1) is 19.1 Å². The first-order valence-electron chi connectivity index (χ1n) is 29.8. The highest BCUT2D eigenvalue weighted by Crippen LogP contribution is 2.28. The average Bonchev–Trinajstić information content (AvgIpc) is 3.76. The predicted molar refractivity (Wildman–Crippen MR) is 304 cm³/mol. The van der Waals surface area contributed by atoms with Gasteiger partial charge in [0.15, 0.2) is 0 Å². The van der Waals surface area contributed by atoms with E-state index in [0.29, 0.717) is 90.3 Å². The van der Waals surface area contributed by atoms with Gasteiger partial charge in [-0.1, -0.05) is 27.7 Å². The Kier molecular flexibility index (Phi) is 28.9. The zero-order valence-corrected chi connectivity index (χ0v) is 49.2. The van der Waals surface area contributed by atoms with Crippen LogP contribution in [0, 0.1) is 11.8 Å². The Bertz CT molecular complexity index is 2330. The fourth-order valence-corrected chi connectivity index (χ4v) is 11.2. The number of nitrogens with one attached hydrogen (secondary N) is 7. The second kappa shape index (κ2) is 34.8. The van der Waals surface area contributed by atoms with Gasteiger partial charge >= 0.3 is 0 Å². The lowest BCUT2D eigenvalue weighted by molar-refractivity contribution is -0.149. The molecule has 0 aliphatic carbocycles. The van der Waals surface area contributed by atoms with Crippen molar-refractivity contribution < 1.29 is 67.4 Å². The van der Waals surface area contributed by atoms with Crippen LogP contribution in [0.15, 0.2) is 0 Å². The van der Waals surface area contributed by atoms with E-state index in [-0.39, 0.29) is 82.9 Å². The molecule has 0 unspecified atom stereocenters. The number of aliphatic hydroxyl groups excluding tert-OH is 1. The van der Waals surface area contributed by atoms with E-state index >= 15 is 0 Å². The first kappa shape index (κ1) is 69.6. The molecular weight excluding hydrogens is 1090 g/mol. The van der Waals surface area contributed by atoms with Crippen molar-refractivity contribution >= 4 is 77.2 Å². The van der Waals surface area contributed by atoms with Gasteiger partial charge in [-0.25, -0.2) is 0 Å². The molecular formula is C55H93N15O14. The summed E-state index contributed by atoms with van der Waals surface area (Å²) in [5, 5.41) is 27.8. The van der Waals surface area contributed by atoms with Gasteiger partial charge in [-0.05, 0) is 128 Å². The number of carbonyl (C=O) groups excluding carboxylic acids is 13. The summed E-state index contributed by atoms with van der Waals surface area (Å²) in [6.45, 7) is 7.81. The molecule has 0 spiro atoms. The molecule has 10 atom stereocenters. The van der Waals surface area contributed by atoms with Crippen LogP contribution < -0.4 is 60.2 Å². The number of rotatable bonds is 34. The quantitative estimate of drug-likeness (QED) is 0.0164. The fraction of sp³-hybridized carbons (Fsp3) is 0.764. The highest BCUT2D eigenvalue weighted by atomic mass is 16.3. The number of nitrogens with zero attached hydrogens (tertiary/aromatic N) is 4. The number of hydrogen-bond acceptors (Lipinski definition) is 17. The number of aldehydes is 1. The SMILES string of the molecule is CC(C)C[C@H](N)C(=O)N1CCC[C@H]1C(=O)N[C@@H](CCCCN)C(=O)N1CCC[C@H]1C(=O)N1CCC[C@H]1C(=O)N[C@@H](CCCCN)C(=O)N1CCC[C@H]1C(=O)N[C@H](C(=O)N[C@@H](CC(N)=O)C(=O)N[C@@H](CO)C(=O)NCCCNC(=O)C=O)C(C)C. The molecule has 0 radical (unpaired) electrons. The summed E-state index contributed by atoms with van der Waals surface area (Å²) in [7, 11) is 0. The predicted octanol–water partition coefficient (Wildman–Crippen LogP) is -4.65. The first-order valence-corrected chi connectivity index (χ1v) is 29.8. The minimum absolute atomic E-state index is 0.0198. The van der Waals surface area contributed by atoms with Crippen molar-refractivity contribution in [1.82, 2.24) is 56.8 Å². The lowest BCUT2D eigenvalue weighted by atomic mass is 10.0. The van der Waals surface area contributed by atoms with Crippen molar-refractivity contribution in [3.05, 3.63) is 0 Å². The van der Waals surface area contributed by atoms with Gasteiger partial charge in [-0.15, -0.1) is 0 Å². The second-order valence-electron chi connectivity index (χ2n) is 22.9. The smallest absolute Gasteiger partial charge is 0.284 e. The summed E-state index contributed by atoms with van der Waals surface area (Å²) in [6, 6.07) is -11.4. The first-order chi connectivity index (χ1) is 40.0. The fourth-order valence-electron chi connectivity index (χ4n) is 11.2. The molecule has 4 rings (SSSR count). The molecule has 0 aromatic rings. The molecule has 16 N–H and O–H groups in total. The number of amides is 12. The number of carbonyl (C=O) groups is 13. The number of unbranched alkanes of at least 4 members (excludes halogenated alkanes) is 2. The van der Waals surface area contributed by atoms with E-state index in [9.17, 15) is 67.4 Å². The molecule has 4 saturated heterocycles. The molecule has 4 aliphatic rings. The third kappa shape index (κ3) is 20.2. The van der Waals surface area contributed by atoms with Gasteiger partial charge in [0.2, 0.25) is 71.3 Å². The van der Waals surface area contributed by atoms with E-state index in [2.05, 4.69) is 37.2 Å². The Morgan fingerprint density at radius 1 is 0.536 bits per heavy atom. The van der Waals surface area contributed by atoms with E-state index in [1.165, 1.54) is 19.6 Å². The van der Waals surface area contributed by atoms with Gasteiger partial charge < -0.3 is 84.9 Å². The minimum Gasteiger partial charge on any atom is -0.394 e. The maximum absolute atomic E-state index is 14.6. The van der Waals surface area contributed by atoms with Crippen molar-refractivity contribution in [2.45, 2.75) is 197 Å². The maximum atomic E-state index is 14.6. The number of aliphatic hydroxyl groups is 1. The van der Waals surface area contributed by atoms with Crippen LogP contribution in [-0.2, 0) is 62.3 Å². The minimum atomic E-state index is -1.67. The molecule has 84 heavy (non-hydrogen) atoms. The molecule has 472 valence electrons. The summed E-state index contributed by atoms with van der Waals surface area (Å²) >= 11 is 0. The third-order valence-corrected chi connectivity index (χ3v) is 15.7. The molecule has 29 heteroatoms. The molecule has 0 bridgehead atoms. The highest BCUT2D eigenvalue weighted by Gasteiger charge is 2.46. The van der Waals surface area contributed by atoms with E-state index in [1.807, 2.05) is 13.8 Å². The Morgan fingerprint density at radius 3 is 1.46 bits per heavy atom. The van der Waals surface area contributed by atoms with Crippen molar-refractivity contribution in [1.29, 1.82) is 0 Å². The largest absolute Gasteiger partial charge is 0.394 e. The van der Waals surface area contributed by atoms with Gasteiger partial charge in [-0.3, -0.25) is 62.3 Å². The molecule has 0 aromatic carbocycles. The lowest BCUT2D eigenvalue weighted by Crippen LogP contribution is -2.61. The van der Waals surface area contributed by atoms with Crippen LogP contribution in [0.1, 0.15) is 137 Å². The number of primary amides is 1. The van der Waals surface area contributed by atoms with Crippen LogP contribution in [0.2, 0.25) is 0 Å². The molecule has 4 fully saturated rings. The highest BCUT2D eigenvalue weighted by molar-refractivity contribution is 6.23. The molecule has 4 aliphatic heterocycles. The van der Waals surface area contributed by atoms with E-state index in [4.69, 9.17) is 22.9 Å². The summed E-state index contributed by atoms with van der Waals surface area (Å²) < 4.78 is 0. The second-order valence-corrected chi connectivity index (χ2v) is 22.9. The van der Waals surface area contributed by atoms with E-state index in [0.717, 1.165) is 0 Å².